The quantitative estimate of drug-likeness (QED) is 0.847. The highest BCUT2D eigenvalue weighted by Gasteiger charge is 2.30. The van der Waals surface area contributed by atoms with E-state index < -0.39 is 0 Å². The Morgan fingerprint density at radius 1 is 1.17 bits per heavy atom. The van der Waals surface area contributed by atoms with Gasteiger partial charge >= 0.3 is 0 Å². The summed E-state index contributed by atoms with van der Waals surface area (Å²) in [5.74, 6) is 0.144. The van der Waals surface area contributed by atoms with Crippen molar-refractivity contribution in [3.05, 3.63) is 35.9 Å². The van der Waals surface area contributed by atoms with Gasteiger partial charge in [-0.25, -0.2) is 0 Å². The second-order valence-electron chi connectivity index (χ2n) is 5.96. The van der Waals surface area contributed by atoms with Gasteiger partial charge in [0.15, 0.2) is 5.11 Å². The number of nitrogens with zero attached hydrogens (tertiary/aromatic N) is 2. The third-order valence-electron chi connectivity index (χ3n) is 4.37. The number of benzene rings is 1. The van der Waals surface area contributed by atoms with Crippen molar-refractivity contribution in [1.82, 2.24) is 15.1 Å². The molecule has 2 heterocycles. The molecule has 0 saturated carbocycles. The Kier molecular flexibility index (Phi) is 5.46. The minimum absolute atomic E-state index is 0.144. The van der Waals surface area contributed by atoms with Gasteiger partial charge < -0.3 is 19.9 Å². The molecule has 3 rings (SSSR count). The maximum Gasteiger partial charge on any atom is 0.251 e. The van der Waals surface area contributed by atoms with E-state index in [1.807, 2.05) is 23.1 Å². The fourth-order valence-electron chi connectivity index (χ4n) is 2.99. The van der Waals surface area contributed by atoms with E-state index in [-0.39, 0.29) is 12.0 Å². The Balaban J connectivity index is 1.43. The largest absolute Gasteiger partial charge is 0.368 e. The highest BCUT2D eigenvalue weighted by atomic mass is 32.1. The smallest absolute Gasteiger partial charge is 0.251 e. The molecule has 0 bridgehead atoms. The molecule has 1 aromatic carbocycles. The van der Waals surface area contributed by atoms with E-state index in [9.17, 15) is 4.79 Å². The summed E-state index contributed by atoms with van der Waals surface area (Å²) in [6.45, 7) is 4.43. The summed E-state index contributed by atoms with van der Waals surface area (Å²) >= 11 is 5.47. The van der Waals surface area contributed by atoms with Crippen molar-refractivity contribution in [1.29, 1.82) is 0 Å². The number of piperazine rings is 1. The van der Waals surface area contributed by atoms with Gasteiger partial charge in [0.25, 0.3) is 5.91 Å². The van der Waals surface area contributed by atoms with E-state index in [1.54, 1.807) is 0 Å². The molecule has 2 saturated heterocycles. The molecule has 1 atom stereocenters. The molecule has 2 aliphatic rings. The summed E-state index contributed by atoms with van der Waals surface area (Å²) in [4.78, 5) is 16.4. The van der Waals surface area contributed by atoms with Crippen molar-refractivity contribution < 1.29 is 9.53 Å². The number of carbonyl (C=O) groups excluding carboxylic acids is 1. The zero-order chi connectivity index (χ0) is 16.1. The van der Waals surface area contributed by atoms with Crippen LogP contribution in [-0.4, -0.2) is 59.7 Å². The number of ether oxygens (including phenoxy) is 1. The highest BCUT2D eigenvalue weighted by molar-refractivity contribution is 7.80. The maximum absolute atomic E-state index is 12.3. The van der Waals surface area contributed by atoms with Crippen LogP contribution in [0.25, 0.3) is 0 Å². The Bertz CT molecular complexity index is 538. The highest BCUT2D eigenvalue weighted by Crippen LogP contribution is 2.16. The van der Waals surface area contributed by atoms with E-state index in [1.165, 1.54) is 5.56 Å². The number of thiocarbonyl (C=S) groups is 1. The van der Waals surface area contributed by atoms with Crippen molar-refractivity contribution in [3.8, 4) is 0 Å². The Morgan fingerprint density at radius 3 is 2.52 bits per heavy atom. The summed E-state index contributed by atoms with van der Waals surface area (Å²) in [5, 5.41) is 4.06. The number of amides is 1. The van der Waals surface area contributed by atoms with Crippen molar-refractivity contribution in [2.45, 2.75) is 25.5 Å². The molecule has 1 N–H and O–H groups in total. The normalized spacial score (nSPS) is 21.3. The number of hydrogen-bond acceptors (Lipinski definition) is 3. The molecule has 1 amide bonds. The number of hydrogen-bond donors (Lipinski definition) is 1. The molecule has 2 aliphatic heterocycles. The summed E-state index contributed by atoms with van der Waals surface area (Å²) < 4.78 is 5.49. The van der Waals surface area contributed by atoms with Crippen LogP contribution in [0.5, 0.6) is 0 Å². The predicted octanol–water partition coefficient (Wildman–Crippen LogP) is 1.38. The lowest BCUT2D eigenvalue weighted by molar-refractivity contribution is -0.142. The maximum atomic E-state index is 12.3. The van der Waals surface area contributed by atoms with Gasteiger partial charge in [0.2, 0.25) is 0 Å². The van der Waals surface area contributed by atoms with Crippen molar-refractivity contribution in [2.24, 2.45) is 0 Å². The van der Waals surface area contributed by atoms with Gasteiger partial charge in [-0.15, -0.1) is 0 Å². The van der Waals surface area contributed by atoms with Crippen molar-refractivity contribution in [2.75, 3.05) is 32.8 Å². The van der Waals surface area contributed by atoms with E-state index in [4.69, 9.17) is 17.0 Å². The Hall–Kier alpha value is -1.66. The summed E-state index contributed by atoms with van der Waals surface area (Å²) in [5.41, 5.74) is 1.21. The van der Waals surface area contributed by atoms with Gasteiger partial charge in [-0.3, -0.25) is 4.79 Å². The van der Waals surface area contributed by atoms with Crippen LogP contribution in [0.2, 0.25) is 0 Å². The molecule has 23 heavy (non-hydrogen) atoms. The third kappa shape index (κ3) is 4.20. The average Bonchev–Trinajstić information content (AvgIpc) is 3.15. The second-order valence-corrected chi connectivity index (χ2v) is 6.34. The van der Waals surface area contributed by atoms with Gasteiger partial charge in [0, 0.05) is 39.3 Å². The second kappa shape index (κ2) is 7.75. The van der Waals surface area contributed by atoms with Crippen LogP contribution in [0, 0.1) is 0 Å². The van der Waals surface area contributed by atoms with Gasteiger partial charge in [-0.05, 0) is 30.6 Å². The molecule has 0 aliphatic carbocycles. The van der Waals surface area contributed by atoms with Gasteiger partial charge in [-0.1, -0.05) is 30.3 Å². The number of rotatable bonds is 3. The van der Waals surface area contributed by atoms with Crippen LogP contribution in [-0.2, 0) is 16.1 Å². The molecular formula is C17H23N3O2S. The van der Waals surface area contributed by atoms with Crippen molar-refractivity contribution in [3.63, 3.8) is 0 Å². The first kappa shape index (κ1) is 16.2. The molecule has 1 unspecified atom stereocenters. The molecule has 0 aromatic heterocycles. The third-order valence-corrected chi connectivity index (χ3v) is 4.77. The van der Waals surface area contributed by atoms with Gasteiger partial charge in [0.05, 0.1) is 0 Å². The minimum Gasteiger partial charge on any atom is -0.368 e. The van der Waals surface area contributed by atoms with Crippen LogP contribution in [0.4, 0.5) is 0 Å². The van der Waals surface area contributed by atoms with Gasteiger partial charge in [-0.2, -0.15) is 0 Å². The first-order chi connectivity index (χ1) is 11.2. The molecule has 124 valence electrons. The molecule has 2 fully saturated rings. The van der Waals surface area contributed by atoms with Crippen molar-refractivity contribution >= 4 is 23.2 Å². The number of carbonyl (C=O) groups is 1. The molecule has 1 aromatic rings. The summed E-state index contributed by atoms with van der Waals surface area (Å²) in [7, 11) is 0. The van der Waals surface area contributed by atoms with E-state index in [0.717, 1.165) is 37.6 Å². The van der Waals surface area contributed by atoms with Crippen LogP contribution >= 0.6 is 12.2 Å². The Morgan fingerprint density at radius 2 is 1.87 bits per heavy atom. The van der Waals surface area contributed by atoms with Crippen LogP contribution in [0.3, 0.4) is 0 Å². The van der Waals surface area contributed by atoms with Crippen LogP contribution in [0.15, 0.2) is 30.3 Å². The zero-order valence-corrected chi connectivity index (χ0v) is 14.1. The summed E-state index contributed by atoms with van der Waals surface area (Å²) in [6.07, 6.45) is 1.63. The minimum atomic E-state index is -0.218. The monoisotopic (exact) mass is 333 g/mol. The molecule has 0 spiro atoms. The lowest BCUT2D eigenvalue weighted by Gasteiger charge is -2.37. The number of nitrogens with one attached hydrogen (secondary N) is 1. The zero-order valence-electron chi connectivity index (χ0n) is 13.2. The fourth-order valence-corrected chi connectivity index (χ4v) is 3.25. The molecule has 5 nitrogen and oxygen atoms in total. The molecular weight excluding hydrogens is 310 g/mol. The SMILES string of the molecule is O=C(C1CCCO1)N1CCN(C(=S)NCc2ccccc2)CC1. The van der Waals surface area contributed by atoms with Gasteiger partial charge in [0.1, 0.15) is 6.10 Å². The first-order valence-electron chi connectivity index (χ1n) is 8.21. The summed E-state index contributed by atoms with van der Waals surface area (Å²) in [6, 6.07) is 10.2. The fraction of sp³-hybridized carbons (Fsp3) is 0.529. The van der Waals surface area contributed by atoms with E-state index >= 15 is 0 Å². The average molecular weight is 333 g/mol. The molecule has 0 radical (unpaired) electrons. The molecule has 6 heteroatoms. The van der Waals surface area contributed by atoms with Crippen LogP contribution < -0.4 is 5.32 Å². The lowest BCUT2D eigenvalue weighted by Crippen LogP contribution is -2.54. The topological polar surface area (TPSA) is 44.8 Å². The Labute approximate surface area is 142 Å². The predicted molar refractivity (Wildman–Crippen MR) is 93.0 cm³/mol. The van der Waals surface area contributed by atoms with E-state index in [0.29, 0.717) is 19.7 Å². The van der Waals surface area contributed by atoms with Crippen LogP contribution in [0.1, 0.15) is 18.4 Å². The standard InChI is InChI=1S/C17H23N3O2S/c21-16(15-7-4-12-22-15)19-8-10-20(11-9-19)17(23)18-13-14-5-2-1-3-6-14/h1-3,5-6,15H,4,7-13H2,(H,18,23). The lowest BCUT2D eigenvalue weighted by atomic mass is 10.2. The van der Waals surface area contributed by atoms with E-state index in [2.05, 4.69) is 22.3 Å². The first-order valence-corrected chi connectivity index (χ1v) is 8.62.